The molecule has 7 heteroatoms. The van der Waals surface area contributed by atoms with E-state index >= 15 is 0 Å². The predicted molar refractivity (Wildman–Crippen MR) is 126 cm³/mol. The minimum Gasteiger partial charge on any atom is -0.379 e. The molecule has 0 bridgehead atoms. The second-order valence-electron chi connectivity index (χ2n) is 11.4. The Hall–Kier alpha value is -0.280. The third kappa shape index (κ3) is 7.10. The van der Waals surface area contributed by atoms with Crippen molar-refractivity contribution in [2.24, 2.45) is 0 Å². The van der Waals surface area contributed by atoms with E-state index < -0.39 is 0 Å². The van der Waals surface area contributed by atoms with Gasteiger partial charge in [-0.05, 0) is 41.5 Å². The zero-order valence-corrected chi connectivity index (χ0v) is 21.1. The van der Waals surface area contributed by atoms with Crippen molar-refractivity contribution in [3.05, 3.63) is 0 Å². The van der Waals surface area contributed by atoms with Crippen molar-refractivity contribution in [1.29, 1.82) is 0 Å². The zero-order valence-electron chi connectivity index (χ0n) is 21.1. The predicted octanol–water partition coefficient (Wildman–Crippen LogP) is 1.62. The van der Waals surface area contributed by atoms with Crippen LogP contribution < -0.4 is 0 Å². The van der Waals surface area contributed by atoms with Gasteiger partial charge in [-0.25, -0.2) is 0 Å². The monoisotopic (exact) mass is 440 g/mol. The summed E-state index contributed by atoms with van der Waals surface area (Å²) < 4.78 is 16.9. The molecule has 3 saturated heterocycles. The molecule has 0 aliphatic carbocycles. The van der Waals surface area contributed by atoms with E-state index in [4.69, 9.17) is 14.2 Å². The quantitative estimate of drug-likeness (QED) is 0.540. The van der Waals surface area contributed by atoms with Crippen molar-refractivity contribution in [2.75, 3.05) is 98.5 Å². The maximum Gasteiger partial charge on any atom is 0.0594 e. The first-order valence-electron chi connectivity index (χ1n) is 12.3. The maximum absolute atomic E-state index is 5.63. The molecule has 0 radical (unpaired) electrons. The van der Waals surface area contributed by atoms with Crippen LogP contribution in [0.15, 0.2) is 0 Å². The highest BCUT2D eigenvalue weighted by molar-refractivity contribution is 4.95. The number of hydrogen-bond acceptors (Lipinski definition) is 7. The Kier molecular flexibility index (Phi) is 8.80. The molecule has 0 saturated carbocycles. The van der Waals surface area contributed by atoms with E-state index in [1.54, 1.807) is 0 Å². The average molecular weight is 441 g/mol. The normalized spacial score (nSPS) is 24.1. The summed E-state index contributed by atoms with van der Waals surface area (Å²) in [5.41, 5.74) is 0.351. The topological polar surface area (TPSA) is 40.7 Å². The van der Waals surface area contributed by atoms with Gasteiger partial charge in [0.2, 0.25) is 0 Å². The van der Waals surface area contributed by atoms with E-state index in [-0.39, 0.29) is 16.6 Å². The highest BCUT2D eigenvalue weighted by Crippen LogP contribution is 2.26. The first-order chi connectivity index (χ1) is 14.6. The fraction of sp³-hybridized carbons (Fsp3) is 1.00. The van der Waals surface area contributed by atoms with Gasteiger partial charge in [0, 0.05) is 75.5 Å². The fourth-order valence-electron chi connectivity index (χ4n) is 5.62. The lowest BCUT2D eigenvalue weighted by atomic mass is 9.94. The molecule has 182 valence electrons. The molecule has 3 rings (SSSR count). The van der Waals surface area contributed by atoms with Crippen molar-refractivity contribution >= 4 is 0 Å². The Morgan fingerprint density at radius 3 is 0.935 bits per heavy atom. The van der Waals surface area contributed by atoms with Crippen molar-refractivity contribution in [2.45, 2.75) is 58.2 Å². The van der Waals surface area contributed by atoms with E-state index in [0.717, 1.165) is 98.5 Å². The number of hydrogen-bond donors (Lipinski definition) is 0. The summed E-state index contributed by atoms with van der Waals surface area (Å²) >= 11 is 0. The Balaban J connectivity index is 1.73. The SMILES string of the molecule is CC(C)(CN(CC(C)(C)N1CCOCC1)CC(C)(C)N1CCOCC1)N1CCOCC1. The van der Waals surface area contributed by atoms with Gasteiger partial charge in [0.25, 0.3) is 0 Å². The Morgan fingerprint density at radius 2 is 0.710 bits per heavy atom. The van der Waals surface area contributed by atoms with E-state index in [2.05, 4.69) is 61.1 Å². The molecular formula is C24H48N4O3. The number of morpholine rings is 3. The summed E-state index contributed by atoms with van der Waals surface area (Å²) in [5.74, 6) is 0. The summed E-state index contributed by atoms with van der Waals surface area (Å²) in [6.45, 7) is 28.9. The molecule has 0 unspecified atom stereocenters. The molecule has 31 heavy (non-hydrogen) atoms. The molecule has 0 aromatic rings. The van der Waals surface area contributed by atoms with Crippen LogP contribution in [0.2, 0.25) is 0 Å². The van der Waals surface area contributed by atoms with Crippen LogP contribution in [0.3, 0.4) is 0 Å². The van der Waals surface area contributed by atoms with E-state index in [0.29, 0.717) is 0 Å². The van der Waals surface area contributed by atoms with Gasteiger partial charge in [-0.2, -0.15) is 0 Å². The Bertz CT molecular complexity index is 461. The Morgan fingerprint density at radius 1 is 0.484 bits per heavy atom. The zero-order chi connectivity index (χ0) is 22.5. The molecule has 3 heterocycles. The molecule has 0 aromatic carbocycles. The van der Waals surface area contributed by atoms with Crippen LogP contribution in [0.25, 0.3) is 0 Å². The number of rotatable bonds is 9. The van der Waals surface area contributed by atoms with Gasteiger partial charge in [-0.3, -0.25) is 19.6 Å². The molecule has 0 aromatic heterocycles. The van der Waals surface area contributed by atoms with Crippen molar-refractivity contribution in [3.8, 4) is 0 Å². The minimum atomic E-state index is 0.117. The molecular weight excluding hydrogens is 392 g/mol. The maximum atomic E-state index is 5.63. The summed E-state index contributed by atoms with van der Waals surface area (Å²) in [6.07, 6.45) is 0. The highest BCUT2D eigenvalue weighted by atomic mass is 16.5. The van der Waals surface area contributed by atoms with Crippen LogP contribution in [-0.2, 0) is 14.2 Å². The lowest BCUT2D eigenvalue weighted by molar-refractivity contribution is -0.0590. The Labute approximate surface area is 190 Å². The van der Waals surface area contributed by atoms with Gasteiger partial charge in [0.1, 0.15) is 0 Å². The molecule has 0 atom stereocenters. The molecule has 0 amide bonds. The fourth-order valence-corrected chi connectivity index (χ4v) is 5.62. The van der Waals surface area contributed by atoms with E-state index in [1.165, 1.54) is 0 Å². The third-order valence-corrected chi connectivity index (χ3v) is 7.43. The van der Waals surface area contributed by atoms with E-state index in [9.17, 15) is 0 Å². The average Bonchev–Trinajstić information content (AvgIpc) is 2.75. The lowest BCUT2D eigenvalue weighted by Crippen LogP contribution is -2.63. The summed E-state index contributed by atoms with van der Waals surface area (Å²) in [6, 6.07) is 0. The van der Waals surface area contributed by atoms with Gasteiger partial charge in [-0.15, -0.1) is 0 Å². The van der Waals surface area contributed by atoms with Crippen LogP contribution in [0.4, 0.5) is 0 Å². The molecule has 0 spiro atoms. The molecule has 3 fully saturated rings. The first kappa shape index (κ1) is 25.3. The molecule has 3 aliphatic heterocycles. The van der Waals surface area contributed by atoms with Crippen molar-refractivity contribution in [1.82, 2.24) is 19.6 Å². The second kappa shape index (κ2) is 10.8. The van der Waals surface area contributed by atoms with Gasteiger partial charge in [0.05, 0.1) is 39.6 Å². The standard InChI is InChI=1S/C24H48N4O3/c1-22(2,26-7-13-29-14-8-26)19-25(20-23(3,4)27-9-15-30-16-10-27)21-24(5,6)28-11-17-31-18-12-28/h7-21H2,1-6H3. The smallest absolute Gasteiger partial charge is 0.0594 e. The molecule has 3 aliphatic rings. The van der Waals surface area contributed by atoms with Crippen molar-refractivity contribution < 1.29 is 14.2 Å². The van der Waals surface area contributed by atoms with Crippen LogP contribution in [-0.4, -0.2) is 135 Å². The summed E-state index contributed by atoms with van der Waals surface area (Å²) in [5, 5.41) is 0. The summed E-state index contributed by atoms with van der Waals surface area (Å²) in [4.78, 5) is 10.6. The highest BCUT2D eigenvalue weighted by Gasteiger charge is 2.38. The van der Waals surface area contributed by atoms with Crippen LogP contribution >= 0.6 is 0 Å². The molecule has 0 N–H and O–H groups in total. The van der Waals surface area contributed by atoms with Crippen molar-refractivity contribution in [3.63, 3.8) is 0 Å². The third-order valence-electron chi connectivity index (χ3n) is 7.43. The lowest BCUT2D eigenvalue weighted by Gasteiger charge is -2.50. The van der Waals surface area contributed by atoms with Gasteiger partial charge < -0.3 is 14.2 Å². The van der Waals surface area contributed by atoms with Gasteiger partial charge >= 0.3 is 0 Å². The minimum absolute atomic E-state index is 0.117. The van der Waals surface area contributed by atoms with Crippen LogP contribution in [0, 0.1) is 0 Å². The second-order valence-corrected chi connectivity index (χ2v) is 11.4. The van der Waals surface area contributed by atoms with Crippen LogP contribution in [0.5, 0.6) is 0 Å². The number of ether oxygens (including phenoxy) is 3. The van der Waals surface area contributed by atoms with Crippen LogP contribution in [0.1, 0.15) is 41.5 Å². The van der Waals surface area contributed by atoms with E-state index in [1.807, 2.05) is 0 Å². The van der Waals surface area contributed by atoms with Gasteiger partial charge in [-0.1, -0.05) is 0 Å². The summed E-state index contributed by atoms with van der Waals surface area (Å²) in [7, 11) is 0. The molecule has 7 nitrogen and oxygen atoms in total. The number of nitrogens with zero attached hydrogens (tertiary/aromatic N) is 4. The first-order valence-corrected chi connectivity index (χ1v) is 12.3. The largest absolute Gasteiger partial charge is 0.379 e. The van der Waals surface area contributed by atoms with Gasteiger partial charge in [0.15, 0.2) is 0 Å².